The van der Waals surface area contributed by atoms with E-state index in [9.17, 15) is 13.6 Å². The largest absolute Gasteiger partial charge is 0.352 e. The second-order valence-corrected chi connectivity index (χ2v) is 6.92. The van der Waals surface area contributed by atoms with Gasteiger partial charge in [0.25, 0.3) is 0 Å². The third-order valence-corrected chi connectivity index (χ3v) is 4.92. The second kappa shape index (κ2) is 8.81. The van der Waals surface area contributed by atoms with Gasteiger partial charge in [0.1, 0.15) is 11.6 Å². The molecule has 1 aromatic carbocycles. The summed E-state index contributed by atoms with van der Waals surface area (Å²) in [6, 6.07) is 10.7. The van der Waals surface area contributed by atoms with Crippen LogP contribution in [0.1, 0.15) is 5.56 Å². The molecule has 1 amide bonds. The van der Waals surface area contributed by atoms with E-state index in [-0.39, 0.29) is 17.9 Å². The molecule has 7 nitrogen and oxygen atoms in total. The van der Waals surface area contributed by atoms with Crippen molar-refractivity contribution in [1.29, 1.82) is 0 Å². The second-order valence-electron chi connectivity index (χ2n) is 6.92. The van der Waals surface area contributed by atoms with E-state index < -0.39 is 11.6 Å². The van der Waals surface area contributed by atoms with Gasteiger partial charge in [0, 0.05) is 50.3 Å². The first-order valence-corrected chi connectivity index (χ1v) is 9.56. The average Bonchev–Trinajstić information content (AvgIpc) is 2.77. The normalized spacial score (nSPS) is 13.9. The number of benzene rings is 1. The molecule has 0 aliphatic carbocycles. The van der Waals surface area contributed by atoms with Gasteiger partial charge in [0.2, 0.25) is 5.91 Å². The van der Waals surface area contributed by atoms with Gasteiger partial charge in [-0.1, -0.05) is 6.07 Å². The van der Waals surface area contributed by atoms with Gasteiger partial charge in [-0.15, -0.1) is 10.2 Å². The van der Waals surface area contributed by atoms with Crippen LogP contribution in [0.5, 0.6) is 0 Å². The van der Waals surface area contributed by atoms with E-state index in [1.54, 1.807) is 17.3 Å². The van der Waals surface area contributed by atoms with Crippen LogP contribution < -0.4 is 10.2 Å². The summed E-state index contributed by atoms with van der Waals surface area (Å²) in [7, 11) is 0. The lowest BCUT2D eigenvalue weighted by atomic mass is 10.1. The van der Waals surface area contributed by atoms with Crippen LogP contribution in [0.15, 0.2) is 54.9 Å². The van der Waals surface area contributed by atoms with Gasteiger partial charge >= 0.3 is 0 Å². The number of hydrogen-bond acceptors (Lipinski definition) is 6. The SMILES string of the molecule is O=C(Cc1ccc(F)cc1F)N1CCN(c2ccc(Nc3ccncc3)nn2)CC1. The standard InChI is InChI=1S/C21H20F2N6O/c22-16-2-1-15(18(23)14-16)13-21(30)29-11-9-28(10-12-29)20-4-3-19(26-27-20)25-17-5-7-24-8-6-17/h1-8,14H,9-13H2,(H,24,25,26). The summed E-state index contributed by atoms with van der Waals surface area (Å²) in [6.45, 7) is 2.20. The van der Waals surface area contributed by atoms with Crippen LogP contribution in [0.3, 0.4) is 0 Å². The maximum atomic E-state index is 13.8. The molecule has 3 aromatic rings. The van der Waals surface area contributed by atoms with Crippen molar-refractivity contribution in [1.82, 2.24) is 20.1 Å². The number of hydrogen-bond donors (Lipinski definition) is 1. The molecule has 0 bridgehead atoms. The van der Waals surface area contributed by atoms with E-state index in [0.29, 0.717) is 32.0 Å². The lowest BCUT2D eigenvalue weighted by molar-refractivity contribution is -0.130. The van der Waals surface area contributed by atoms with Gasteiger partial charge in [-0.05, 0) is 35.9 Å². The number of amides is 1. The molecular formula is C21H20F2N6O. The highest BCUT2D eigenvalue weighted by Gasteiger charge is 2.23. The maximum Gasteiger partial charge on any atom is 0.227 e. The van der Waals surface area contributed by atoms with Crippen molar-refractivity contribution in [2.24, 2.45) is 0 Å². The minimum atomic E-state index is -0.697. The van der Waals surface area contributed by atoms with Crippen LogP contribution >= 0.6 is 0 Å². The fourth-order valence-corrected chi connectivity index (χ4v) is 3.27. The van der Waals surface area contributed by atoms with Crippen LogP contribution in [-0.2, 0) is 11.2 Å². The summed E-state index contributed by atoms with van der Waals surface area (Å²) in [6.07, 6.45) is 3.30. The molecule has 30 heavy (non-hydrogen) atoms. The molecular weight excluding hydrogens is 390 g/mol. The Kier molecular flexibility index (Phi) is 5.78. The number of halogens is 2. The Hall–Kier alpha value is -3.62. The molecule has 0 spiro atoms. The third-order valence-electron chi connectivity index (χ3n) is 4.92. The highest BCUT2D eigenvalue weighted by atomic mass is 19.1. The number of anilines is 3. The summed E-state index contributed by atoms with van der Waals surface area (Å²) >= 11 is 0. The molecule has 1 aliphatic rings. The molecule has 0 saturated carbocycles. The first-order valence-electron chi connectivity index (χ1n) is 9.56. The first kappa shape index (κ1) is 19.7. The molecule has 2 aromatic heterocycles. The maximum absolute atomic E-state index is 13.8. The van der Waals surface area contributed by atoms with Crippen molar-refractivity contribution in [3.63, 3.8) is 0 Å². The van der Waals surface area contributed by atoms with Crippen LogP contribution in [0.25, 0.3) is 0 Å². The van der Waals surface area contributed by atoms with Crippen LogP contribution in [-0.4, -0.2) is 52.2 Å². The van der Waals surface area contributed by atoms with E-state index >= 15 is 0 Å². The number of nitrogens with one attached hydrogen (secondary N) is 1. The zero-order valence-electron chi connectivity index (χ0n) is 16.1. The quantitative estimate of drug-likeness (QED) is 0.697. The molecule has 9 heteroatoms. The van der Waals surface area contributed by atoms with E-state index in [1.807, 2.05) is 29.2 Å². The Balaban J connectivity index is 1.31. The summed E-state index contributed by atoms with van der Waals surface area (Å²) in [5.41, 5.74) is 1.07. The highest BCUT2D eigenvalue weighted by Crippen LogP contribution is 2.18. The number of nitrogens with zero attached hydrogens (tertiary/aromatic N) is 5. The molecule has 4 rings (SSSR count). The zero-order valence-corrected chi connectivity index (χ0v) is 16.1. The number of pyridine rings is 1. The summed E-state index contributed by atoms with van der Waals surface area (Å²) in [5.74, 6) is -0.173. The highest BCUT2D eigenvalue weighted by molar-refractivity contribution is 5.79. The van der Waals surface area contributed by atoms with E-state index in [4.69, 9.17) is 0 Å². The van der Waals surface area contributed by atoms with Gasteiger partial charge in [-0.2, -0.15) is 0 Å². The lowest BCUT2D eigenvalue weighted by Gasteiger charge is -2.35. The number of carbonyl (C=O) groups is 1. The Bertz CT molecular complexity index is 1010. The van der Waals surface area contributed by atoms with E-state index in [2.05, 4.69) is 20.5 Å². The molecule has 0 atom stereocenters. The molecule has 0 radical (unpaired) electrons. The van der Waals surface area contributed by atoms with Gasteiger partial charge in [-0.3, -0.25) is 9.78 Å². The van der Waals surface area contributed by atoms with Crippen LogP contribution in [0.2, 0.25) is 0 Å². The van der Waals surface area contributed by atoms with Gasteiger partial charge in [0.05, 0.1) is 6.42 Å². The first-order chi connectivity index (χ1) is 14.6. The Morgan fingerprint density at radius 3 is 2.40 bits per heavy atom. The van der Waals surface area contributed by atoms with Gasteiger partial charge < -0.3 is 15.1 Å². The lowest BCUT2D eigenvalue weighted by Crippen LogP contribution is -2.49. The molecule has 1 aliphatic heterocycles. The summed E-state index contributed by atoms with van der Waals surface area (Å²) < 4.78 is 26.8. The number of carbonyl (C=O) groups excluding carboxylic acids is 1. The van der Waals surface area contributed by atoms with Gasteiger partial charge in [0.15, 0.2) is 11.6 Å². The third kappa shape index (κ3) is 4.68. The predicted octanol–water partition coefficient (Wildman–Crippen LogP) is 2.78. The van der Waals surface area contributed by atoms with Gasteiger partial charge in [-0.25, -0.2) is 8.78 Å². The van der Waals surface area contributed by atoms with Crippen LogP contribution in [0, 0.1) is 11.6 Å². The minimum absolute atomic E-state index is 0.0821. The fourth-order valence-electron chi connectivity index (χ4n) is 3.27. The van der Waals surface area contributed by atoms with Crippen LogP contribution in [0.4, 0.5) is 26.1 Å². The monoisotopic (exact) mass is 410 g/mol. The summed E-state index contributed by atoms with van der Waals surface area (Å²) in [4.78, 5) is 20.2. The van der Waals surface area contributed by atoms with Crippen molar-refractivity contribution in [2.75, 3.05) is 36.4 Å². The van der Waals surface area contributed by atoms with E-state index in [0.717, 1.165) is 23.6 Å². The molecule has 1 saturated heterocycles. The number of aromatic nitrogens is 3. The number of piperazine rings is 1. The van der Waals surface area contributed by atoms with Crippen molar-refractivity contribution < 1.29 is 13.6 Å². The van der Waals surface area contributed by atoms with E-state index in [1.165, 1.54) is 6.07 Å². The summed E-state index contributed by atoms with van der Waals surface area (Å²) in [5, 5.41) is 11.6. The van der Waals surface area contributed by atoms with Crippen molar-refractivity contribution in [3.8, 4) is 0 Å². The Morgan fingerprint density at radius 1 is 0.967 bits per heavy atom. The topological polar surface area (TPSA) is 74.2 Å². The van der Waals surface area contributed by atoms with Crippen molar-refractivity contribution in [3.05, 3.63) is 72.1 Å². The molecule has 154 valence electrons. The molecule has 0 unspecified atom stereocenters. The molecule has 1 fully saturated rings. The number of rotatable bonds is 5. The smallest absolute Gasteiger partial charge is 0.227 e. The Morgan fingerprint density at radius 2 is 1.73 bits per heavy atom. The fraction of sp³-hybridized carbons (Fsp3) is 0.238. The Labute approximate surface area is 172 Å². The molecule has 3 heterocycles. The average molecular weight is 410 g/mol. The minimum Gasteiger partial charge on any atom is -0.352 e. The predicted molar refractivity (Wildman–Crippen MR) is 108 cm³/mol. The zero-order chi connectivity index (χ0) is 20.9. The molecule has 1 N–H and O–H groups in total. The van der Waals surface area contributed by atoms with Crippen molar-refractivity contribution >= 4 is 23.2 Å². The van der Waals surface area contributed by atoms with Crippen molar-refractivity contribution in [2.45, 2.75) is 6.42 Å².